The maximum absolute atomic E-state index is 10.9. The molecule has 0 aromatic carbocycles. The number of aliphatic hydroxyl groups is 1. The Bertz CT molecular complexity index is 363. The minimum atomic E-state index is -0.234. The van der Waals surface area contributed by atoms with E-state index in [9.17, 15) is 14.7 Å². The van der Waals surface area contributed by atoms with Crippen molar-refractivity contribution in [2.24, 2.45) is 0 Å². The summed E-state index contributed by atoms with van der Waals surface area (Å²) in [4.78, 5) is 21.8. The highest BCUT2D eigenvalue weighted by molar-refractivity contribution is 5.75. The maximum atomic E-state index is 10.9. The average Bonchev–Trinajstić information content (AvgIpc) is 2.59. The summed E-state index contributed by atoms with van der Waals surface area (Å²) in [6.45, 7) is 1.64. The molecule has 0 heterocycles. The number of carbonyl (C=O) groups excluding carboxylic acids is 2. The molecule has 0 aliphatic rings. The first-order valence-electron chi connectivity index (χ1n) is 9.95. The largest absolute Gasteiger partial charge is 0.469 e. The molecule has 0 aromatic heterocycles. The van der Waals surface area contributed by atoms with Gasteiger partial charge in [-0.2, -0.15) is 0 Å². The molecule has 25 heavy (non-hydrogen) atoms. The molecule has 146 valence electrons. The Hall–Kier alpha value is -1.16. The van der Waals surface area contributed by atoms with Gasteiger partial charge in [-0.3, -0.25) is 4.79 Å². The molecule has 0 aromatic rings. The quantitative estimate of drug-likeness (QED) is 0.223. The summed E-state index contributed by atoms with van der Waals surface area (Å²) >= 11 is 0. The topological polar surface area (TPSA) is 63.6 Å². The predicted octanol–water partition coefficient (Wildman–Crippen LogP) is 5.13. The standard InChI is InChI=1S/C21H38O4/c1-19(22)15-11-9-10-13-17-20(23)16-12-7-5-3-4-6-8-14-18-21(24)25-2/h7,12,20,23H,3-6,8-11,13-18H2,1-2H3/b12-7+/t20-/m0/s1. The van der Waals surface area contributed by atoms with Gasteiger partial charge in [-0.1, -0.05) is 50.7 Å². The highest BCUT2D eigenvalue weighted by Gasteiger charge is 2.02. The Balaban J connectivity index is 3.32. The van der Waals surface area contributed by atoms with Gasteiger partial charge >= 0.3 is 5.97 Å². The van der Waals surface area contributed by atoms with Crippen molar-refractivity contribution in [3.8, 4) is 0 Å². The van der Waals surface area contributed by atoms with E-state index < -0.39 is 0 Å². The lowest BCUT2D eigenvalue weighted by atomic mass is 10.0. The van der Waals surface area contributed by atoms with Crippen LogP contribution in [-0.2, 0) is 14.3 Å². The molecule has 4 heteroatoms. The smallest absolute Gasteiger partial charge is 0.305 e. The Kier molecular flexibility index (Phi) is 16.8. The minimum absolute atomic E-state index is 0.113. The van der Waals surface area contributed by atoms with Crippen LogP contribution in [0.3, 0.4) is 0 Å². The normalized spacial score (nSPS) is 12.4. The van der Waals surface area contributed by atoms with E-state index in [1.165, 1.54) is 20.0 Å². The zero-order valence-corrected chi connectivity index (χ0v) is 16.3. The zero-order chi connectivity index (χ0) is 18.8. The van der Waals surface area contributed by atoms with Crippen molar-refractivity contribution in [3.05, 3.63) is 12.2 Å². The maximum Gasteiger partial charge on any atom is 0.305 e. The number of methoxy groups -OCH3 is 1. The Morgan fingerprint density at radius 1 is 0.880 bits per heavy atom. The summed E-state index contributed by atoms with van der Waals surface area (Å²) < 4.78 is 4.61. The molecule has 0 aliphatic carbocycles. The van der Waals surface area contributed by atoms with Gasteiger partial charge in [0, 0.05) is 12.8 Å². The van der Waals surface area contributed by atoms with E-state index in [0.717, 1.165) is 64.2 Å². The van der Waals surface area contributed by atoms with Crippen molar-refractivity contribution < 1.29 is 19.4 Å². The van der Waals surface area contributed by atoms with Crippen molar-refractivity contribution in [2.75, 3.05) is 7.11 Å². The Labute approximate surface area is 154 Å². The van der Waals surface area contributed by atoms with E-state index in [4.69, 9.17) is 0 Å². The van der Waals surface area contributed by atoms with Crippen molar-refractivity contribution in [2.45, 2.75) is 103 Å². The van der Waals surface area contributed by atoms with Crippen molar-refractivity contribution in [1.29, 1.82) is 0 Å². The molecule has 0 rings (SSSR count). The van der Waals surface area contributed by atoms with Crippen LogP contribution < -0.4 is 0 Å². The van der Waals surface area contributed by atoms with Crippen LogP contribution in [0.4, 0.5) is 0 Å². The molecule has 1 N–H and O–H groups in total. The number of ether oxygens (including phenoxy) is 1. The fourth-order valence-electron chi connectivity index (χ4n) is 2.76. The molecule has 0 saturated heterocycles. The first-order chi connectivity index (χ1) is 12.1. The van der Waals surface area contributed by atoms with Crippen LogP contribution in [0.15, 0.2) is 12.2 Å². The third-order valence-corrected chi connectivity index (χ3v) is 4.37. The summed E-state index contributed by atoms with van der Waals surface area (Å²) in [5.74, 6) is 0.156. The summed E-state index contributed by atoms with van der Waals surface area (Å²) in [6.07, 6.45) is 17.6. The third kappa shape index (κ3) is 19.0. The van der Waals surface area contributed by atoms with Crippen LogP contribution in [0.5, 0.6) is 0 Å². The van der Waals surface area contributed by atoms with E-state index in [1.54, 1.807) is 6.92 Å². The van der Waals surface area contributed by atoms with Crippen LogP contribution >= 0.6 is 0 Å². The molecule has 0 unspecified atom stereocenters. The molecule has 0 saturated carbocycles. The summed E-state index contributed by atoms with van der Waals surface area (Å²) in [5.41, 5.74) is 0. The number of ketones is 1. The molecule has 0 spiro atoms. The van der Waals surface area contributed by atoms with Crippen LogP contribution in [0.25, 0.3) is 0 Å². The number of aliphatic hydroxyl groups excluding tert-OH is 1. The highest BCUT2D eigenvalue weighted by Crippen LogP contribution is 2.11. The number of hydrogen-bond donors (Lipinski definition) is 1. The minimum Gasteiger partial charge on any atom is -0.469 e. The van der Waals surface area contributed by atoms with E-state index >= 15 is 0 Å². The second-order valence-corrected chi connectivity index (χ2v) is 6.90. The number of allylic oxidation sites excluding steroid dienone is 1. The monoisotopic (exact) mass is 354 g/mol. The molecular formula is C21H38O4. The van der Waals surface area contributed by atoms with Gasteiger partial charge in [0.25, 0.3) is 0 Å². The fourth-order valence-corrected chi connectivity index (χ4v) is 2.76. The van der Waals surface area contributed by atoms with Crippen LogP contribution in [0.2, 0.25) is 0 Å². The van der Waals surface area contributed by atoms with Crippen LogP contribution in [0.1, 0.15) is 96.8 Å². The number of carbonyl (C=O) groups is 2. The Morgan fingerprint density at radius 2 is 1.48 bits per heavy atom. The average molecular weight is 355 g/mol. The van der Waals surface area contributed by atoms with Crippen molar-refractivity contribution in [1.82, 2.24) is 0 Å². The number of hydrogen-bond acceptors (Lipinski definition) is 4. The molecule has 1 atom stereocenters. The molecule has 0 aliphatic heterocycles. The van der Waals surface area contributed by atoms with Gasteiger partial charge in [0.15, 0.2) is 0 Å². The van der Waals surface area contributed by atoms with Gasteiger partial charge in [0.2, 0.25) is 0 Å². The lowest BCUT2D eigenvalue weighted by Crippen LogP contribution is -2.04. The van der Waals surface area contributed by atoms with Gasteiger partial charge in [-0.05, 0) is 45.4 Å². The van der Waals surface area contributed by atoms with Crippen molar-refractivity contribution >= 4 is 11.8 Å². The lowest BCUT2D eigenvalue weighted by Gasteiger charge is -2.07. The zero-order valence-electron chi connectivity index (χ0n) is 16.3. The van der Waals surface area contributed by atoms with E-state index in [2.05, 4.69) is 16.9 Å². The second-order valence-electron chi connectivity index (χ2n) is 6.90. The molecule has 0 radical (unpaired) electrons. The van der Waals surface area contributed by atoms with Gasteiger partial charge in [-0.25, -0.2) is 0 Å². The number of unbranched alkanes of at least 4 members (excludes halogenated alkanes) is 8. The van der Waals surface area contributed by atoms with Gasteiger partial charge < -0.3 is 14.6 Å². The SMILES string of the molecule is COC(=O)CCCCCCC/C=C/C[C@H](O)CCCCCCC(C)=O. The first kappa shape index (κ1) is 23.8. The predicted molar refractivity (Wildman–Crippen MR) is 102 cm³/mol. The van der Waals surface area contributed by atoms with E-state index in [1.807, 2.05) is 0 Å². The van der Waals surface area contributed by atoms with Crippen LogP contribution in [-0.4, -0.2) is 30.1 Å². The number of rotatable bonds is 17. The molecule has 4 nitrogen and oxygen atoms in total. The number of Topliss-reactive ketones (excluding diaryl/α,β-unsaturated/α-hetero) is 1. The van der Waals surface area contributed by atoms with Crippen molar-refractivity contribution in [3.63, 3.8) is 0 Å². The van der Waals surface area contributed by atoms with Gasteiger partial charge in [0.05, 0.1) is 13.2 Å². The Morgan fingerprint density at radius 3 is 2.16 bits per heavy atom. The van der Waals surface area contributed by atoms with E-state index in [-0.39, 0.29) is 17.9 Å². The van der Waals surface area contributed by atoms with Gasteiger partial charge in [-0.15, -0.1) is 0 Å². The number of esters is 1. The second kappa shape index (κ2) is 17.7. The molecule has 0 amide bonds. The summed E-state index contributed by atoms with van der Waals surface area (Å²) in [7, 11) is 1.43. The van der Waals surface area contributed by atoms with Gasteiger partial charge in [0.1, 0.15) is 5.78 Å². The molecular weight excluding hydrogens is 316 g/mol. The molecule has 0 bridgehead atoms. The lowest BCUT2D eigenvalue weighted by molar-refractivity contribution is -0.140. The fraction of sp³-hybridized carbons (Fsp3) is 0.810. The van der Waals surface area contributed by atoms with E-state index in [0.29, 0.717) is 12.8 Å². The summed E-state index contributed by atoms with van der Waals surface area (Å²) in [5, 5.41) is 9.92. The third-order valence-electron chi connectivity index (χ3n) is 4.37. The highest BCUT2D eigenvalue weighted by atomic mass is 16.5. The summed E-state index contributed by atoms with van der Waals surface area (Å²) in [6, 6.07) is 0. The first-order valence-corrected chi connectivity index (χ1v) is 9.95. The molecule has 0 fully saturated rings. The van der Waals surface area contributed by atoms with Crippen LogP contribution in [0, 0.1) is 0 Å².